The zero-order valence-corrected chi connectivity index (χ0v) is 10.1. The predicted octanol–water partition coefficient (Wildman–Crippen LogP) is 3.70. The van der Waals surface area contributed by atoms with Gasteiger partial charge in [0, 0.05) is 12.4 Å². The van der Waals surface area contributed by atoms with E-state index >= 15 is 0 Å². The Hall–Kier alpha value is -2.16. The first-order valence-corrected chi connectivity index (χ1v) is 6.01. The van der Waals surface area contributed by atoms with Gasteiger partial charge in [-0.1, -0.05) is 13.0 Å². The highest BCUT2D eigenvalue weighted by Crippen LogP contribution is 2.27. The van der Waals surface area contributed by atoms with Gasteiger partial charge in [-0.15, -0.1) is 0 Å². The van der Waals surface area contributed by atoms with Crippen LogP contribution in [0, 0.1) is 5.82 Å². The highest BCUT2D eigenvalue weighted by atomic mass is 19.1. The van der Waals surface area contributed by atoms with E-state index in [2.05, 4.69) is 11.9 Å². The summed E-state index contributed by atoms with van der Waals surface area (Å²) in [5.41, 5.74) is 3.57. The van der Waals surface area contributed by atoms with Crippen molar-refractivity contribution in [2.75, 3.05) is 0 Å². The summed E-state index contributed by atoms with van der Waals surface area (Å²) in [5.74, 6) is -0.200. The largest absolute Gasteiger partial charge is 0.312 e. The van der Waals surface area contributed by atoms with Gasteiger partial charge < -0.3 is 4.40 Å². The molecule has 2 nitrogen and oxygen atoms in total. The Kier molecular flexibility index (Phi) is 2.59. The highest BCUT2D eigenvalue weighted by molar-refractivity contribution is 5.69. The third-order valence-electron chi connectivity index (χ3n) is 3.13. The molecule has 0 bridgehead atoms. The average molecular weight is 240 g/mol. The summed E-state index contributed by atoms with van der Waals surface area (Å²) in [6.07, 6.45) is 4.49. The number of pyridine rings is 2. The molecule has 0 aliphatic carbocycles. The number of nitrogens with zero attached hydrogens (tertiary/aromatic N) is 2. The Morgan fingerprint density at radius 2 is 2.11 bits per heavy atom. The minimum absolute atomic E-state index is 0.200. The van der Waals surface area contributed by atoms with Crippen LogP contribution in [-0.2, 0) is 6.42 Å². The van der Waals surface area contributed by atoms with Crippen molar-refractivity contribution in [1.82, 2.24) is 9.38 Å². The number of hydrogen-bond donors (Lipinski definition) is 0. The van der Waals surface area contributed by atoms with Crippen LogP contribution in [0.15, 0.2) is 48.8 Å². The molecule has 0 radical (unpaired) electrons. The monoisotopic (exact) mass is 240 g/mol. The quantitative estimate of drug-likeness (QED) is 0.667. The number of fused-ring (bicyclic) bond motifs is 1. The molecule has 0 fully saturated rings. The van der Waals surface area contributed by atoms with Crippen LogP contribution >= 0.6 is 0 Å². The molecule has 0 saturated heterocycles. The van der Waals surface area contributed by atoms with Crippen LogP contribution in [0.1, 0.15) is 12.5 Å². The van der Waals surface area contributed by atoms with Crippen LogP contribution < -0.4 is 0 Å². The molecule has 3 aromatic heterocycles. The molecule has 0 spiro atoms. The normalized spacial score (nSPS) is 11.0. The van der Waals surface area contributed by atoms with E-state index in [0.29, 0.717) is 5.52 Å². The summed E-state index contributed by atoms with van der Waals surface area (Å²) >= 11 is 0. The van der Waals surface area contributed by atoms with Gasteiger partial charge in [-0.25, -0.2) is 4.39 Å². The van der Waals surface area contributed by atoms with Crippen molar-refractivity contribution in [2.45, 2.75) is 13.3 Å². The fraction of sp³-hybridized carbons (Fsp3) is 0.133. The first kappa shape index (κ1) is 11.0. The highest BCUT2D eigenvalue weighted by Gasteiger charge is 2.13. The molecule has 0 aliphatic heterocycles. The molecule has 0 N–H and O–H groups in total. The van der Waals surface area contributed by atoms with Gasteiger partial charge in [-0.05, 0) is 42.3 Å². The number of rotatable bonds is 2. The van der Waals surface area contributed by atoms with Crippen molar-refractivity contribution < 1.29 is 4.39 Å². The topological polar surface area (TPSA) is 17.3 Å². The van der Waals surface area contributed by atoms with Gasteiger partial charge in [-0.3, -0.25) is 4.98 Å². The molecule has 90 valence electrons. The molecule has 0 saturated carbocycles. The third-order valence-corrected chi connectivity index (χ3v) is 3.13. The second-order valence-corrected chi connectivity index (χ2v) is 4.20. The van der Waals surface area contributed by atoms with Gasteiger partial charge in [0.1, 0.15) is 5.82 Å². The lowest BCUT2D eigenvalue weighted by molar-refractivity contribution is 0.633. The Morgan fingerprint density at radius 1 is 1.22 bits per heavy atom. The van der Waals surface area contributed by atoms with Crippen molar-refractivity contribution in [3.8, 4) is 11.4 Å². The standard InChI is InChI=1S/C15H13FN2/c1-2-11-10-14-12(16)6-5-9-18(14)15(11)13-7-3-4-8-17-13/h3-10H,2H2,1H3. The Morgan fingerprint density at radius 3 is 2.83 bits per heavy atom. The van der Waals surface area contributed by atoms with E-state index in [4.69, 9.17) is 0 Å². The predicted molar refractivity (Wildman–Crippen MR) is 70.0 cm³/mol. The Bertz CT molecular complexity index is 686. The summed E-state index contributed by atoms with van der Waals surface area (Å²) < 4.78 is 15.7. The van der Waals surface area contributed by atoms with Crippen molar-refractivity contribution in [3.63, 3.8) is 0 Å². The minimum atomic E-state index is -0.200. The fourth-order valence-electron chi connectivity index (χ4n) is 2.28. The van der Waals surface area contributed by atoms with E-state index in [-0.39, 0.29) is 5.82 Å². The first-order valence-electron chi connectivity index (χ1n) is 6.01. The SMILES string of the molecule is CCc1cc2c(F)cccn2c1-c1ccccn1. The van der Waals surface area contributed by atoms with Crippen LogP contribution in [0.25, 0.3) is 16.9 Å². The van der Waals surface area contributed by atoms with Gasteiger partial charge in [0.05, 0.1) is 16.9 Å². The maximum Gasteiger partial charge on any atom is 0.147 e. The van der Waals surface area contributed by atoms with Crippen molar-refractivity contribution in [1.29, 1.82) is 0 Å². The van der Waals surface area contributed by atoms with Gasteiger partial charge in [-0.2, -0.15) is 0 Å². The first-order chi connectivity index (χ1) is 8.81. The average Bonchev–Trinajstić information content (AvgIpc) is 2.80. The van der Waals surface area contributed by atoms with E-state index in [1.807, 2.05) is 34.9 Å². The molecule has 0 unspecified atom stereocenters. The van der Waals surface area contributed by atoms with Crippen molar-refractivity contribution in [2.24, 2.45) is 0 Å². The molecule has 3 rings (SSSR count). The Labute approximate surface area is 105 Å². The number of aryl methyl sites for hydroxylation is 1. The lowest BCUT2D eigenvalue weighted by Gasteiger charge is -2.04. The molecule has 3 heteroatoms. The van der Waals surface area contributed by atoms with E-state index in [1.54, 1.807) is 12.3 Å². The molecule has 3 aromatic rings. The van der Waals surface area contributed by atoms with E-state index < -0.39 is 0 Å². The zero-order valence-electron chi connectivity index (χ0n) is 10.1. The lowest BCUT2D eigenvalue weighted by atomic mass is 10.1. The minimum Gasteiger partial charge on any atom is -0.312 e. The van der Waals surface area contributed by atoms with Gasteiger partial charge in [0.15, 0.2) is 0 Å². The molecular weight excluding hydrogens is 227 g/mol. The molecule has 18 heavy (non-hydrogen) atoms. The van der Waals surface area contributed by atoms with E-state index in [9.17, 15) is 4.39 Å². The van der Waals surface area contributed by atoms with Gasteiger partial charge in [0.25, 0.3) is 0 Å². The molecule has 3 heterocycles. The summed E-state index contributed by atoms with van der Waals surface area (Å²) in [6, 6.07) is 10.9. The lowest BCUT2D eigenvalue weighted by Crippen LogP contribution is -1.93. The van der Waals surface area contributed by atoms with Crippen LogP contribution in [0.4, 0.5) is 4.39 Å². The van der Waals surface area contributed by atoms with Crippen molar-refractivity contribution >= 4 is 5.52 Å². The summed E-state index contributed by atoms with van der Waals surface area (Å²) in [4.78, 5) is 4.37. The molecule has 0 aromatic carbocycles. The van der Waals surface area contributed by atoms with Crippen LogP contribution in [0.5, 0.6) is 0 Å². The maximum absolute atomic E-state index is 13.8. The fourth-order valence-corrected chi connectivity index (χ4v) is 2.28. The zero-order chi connectivity index (χ0) is 12.5. The number of halogens is 1. The summed E-state index contributed by atoms with van der Waals surface area (Å²) in [5, 5.41) is 0. The van der Waals surface area contributed by atoms with E-state index in [1.165, 1.54) is 6.07 Å². The molecule has 0 aliphatic rings. The summed E-state index contributed by atoms with van der Waals surface area (Å²) in [6.45, 7) is 2.07. The van der Waals surface area contributed by atoms with Crippen molar-refractivity contribution in [3.05, 3.63) is 60.2 Å². The number of aromatic nitrogens is 2. The molecular formula is C15H13FN2. The summed E-state index contributed by atoms with van der Waals surface area (Å²) in [7, 11) is 0. The van der Waals surface area contributed by atoms with Crippen LogP contribution in [0.2, 0.25) is 0 Å². The van der Waals surface area contributed by atoms with Gasteiger partial charge >= 0.3 is 0 Å². The second kappa shape index (κ2) is 4.26. The third kappa shape index (κ3) is 1.59. The molecule has 0 amide bonds. The second-order valence-electron chi connectivity index (χ2n) is 4.20. The molecule has 0 atom stereocenters. The maximum atomic E-state index is 13.8. The van der Waals surface area contributed by atoms with E-state index in [0.717, 1.165) is 23.4 Å². The smallest absolute Gasteiger partial charge is 0.147 e. The van der Waals surface area contributed by atoms with Crippen LogP contribution in [0.3, 0.4) is 0 Å². The van der Waals surface area contributed by atoms with Crippen LogP contribution in [-0.4, -0.2) is 9.38 Å². The Balaban J connectivity index is 2.37. The number of hydrogen-bond acceptors (Lipinski definition) is 1. The van der Waals surface area contributed by atoms with Gasteiger partial charge in [0.2, 0.25) is 0 Å².